The summed E-state index contributed by atoms with van der Waals surface area (Å²) in [6, 6.07) is -0.912. The molecule has 0 aliphatic carbocycles. The molecule has 0 spiro atoms. The first-order valence-electron chi connectivity index (χ1n) is 3.88. The minimum atomic E-state index is -1.05. The molecule has 0 saturated heterocycles. The minimum Gasteiger partial charge on any atom is -0.481 e. The molecule has 12 heavy (non-hydrogen) atoms. The fourth-order valence-corrected chi connectivity index (χ4v) is 0.807. The van der Waals surface area contributed by atoms with Crippen molar-refractivity contribution in [1.29, 1.82) is 0 Å². The van der Waals surface area contributed by atoms with E-state index < -0.39 is 12.0 Å². The van der Waals surface area contributed by atoms with Gasteiger partial charge < -0.3 is 5.11 Å². The van der Waals surface area contributed by atoms with Crippen LogP contribution >= 0.6 is 0 Å². The van der Waals surface area contributed by atoms with Gasteiger partial charge in [0.05, 0.1) is 0 Å². The van der Waals surface area contributed by atoms with E-state index >= 15 is 0 Å². The van der Waals surface area contributed by atoms with E-state index in [9.17, 15) is 4.79 Å². The third-order valence-corrected chi connectivity index (χ3v) is 1.80. The van der Waals surface area contributed by atoms with E-state index in [2.05, 4.69) is 10.0 Å². The van der Waals surface area contributed by atoms with Gasteiger partial charge in [-0.2, -0.15) is 0 Å². The number of carboxylic acid groups (broad SMARTS) is 1. The molecule has 0 aliphatic heterocycles. The largest absolute Gasteiger partial charge is 0.481 e. The van der Waals surface area contributed by atoms with Gasteiger partial charge in [0, 0.05) is 4.91 Å². The predicted octanol–water partition coefficient (Wildman–Crippen LogP) is 2.19. The highest BCUT2D eigenvalue weighted by molar-refractivity contribution is 5.73. The summed E-state index contributed by atoms with van der Waals surface area (Å²) in [5.41, 5.74) is 8.07. The van der Waals surface area contributed by atoms with E-state index in [0.717, 1.165) is 6.42 Å². The maximum absolute atomic E-state index is 10.5. The number of hydrogen-bond donors (Lipinski definition) is 1. The Balaban J connectivity index is 4.13. The second kappa shape index (κ2) is 5.43. The average molecular weight is 171 g/mol. The first kappa shape index (κ1) is 10.8. The number of carboxylic acids is 1. The zero-order chi connectivity index (χ0) is 9.56. The molecule has 68 valence electrons. The number of azide groups is 1. The third kappa shape index (κ3) is 3.83. The first-order chi connectivity index (χ1) is 5.61. The van der Waals surface area contributed by atoms with Gasteiger partial charge in [-0.15, -0.1) is 0 Å². The monoisotopic (exact) mass is 171 g/mol. The van der Waals surface area contributed by atoms with E-state index in [4.69, 9.17) is 10.6 Å². The lowest BCUT2D eigenvalue weighted by Gasteiger charge is -2.10. The van der Waals surface area contributed by atoms with E-state index in [1.165, 1.54) is 0 Å². The molecule has 0 amide bonds. The van der Waals surface area contributed by atoms with Crippen molar-refractivity contribution in [3.05, 3.63) is 10.4 Å². The lowest BCUT2D eigenvalue weighted by atomic mass is 10.0. The van der Waals surface area contributed by atoms with Gasteiger partial charge in [0.2, 0.25) is 0 Å². The molecule has 0 fully saturated rings. The summed E-state index contributed by atoms with van der Waals surface area (Å²) in [5.74, 6) is -0.773. The number of hydrogen-bond acceptors (Lipinski definition) is 2. The number of nitrogens with zero attached hydrogens (tertiary/aromatic N) is 3. The Morgan fingerprint density at radius 2 is 2.33 bits per heavy atom. The van der Waals surface area contributed by atoms with Crippen molar-refractivity contribution in [2.24, 2.45) is 11.0 Å². The van der Waals surface area contributed by atoms with Gasteiger partial charge in [-0.3, -0.25) is 4.79 Å². The first-order valence-corrected chi connectivity index (χ1v) is 3.88. The molecule has 0 rings (SSSR count). The van der Waals surface area contributed by atoms with Crippen LogP contribution in [0, 0.1) is 5.92 Å². The van der Waals surface area contributed by atoms with E-state index in [1.54, 1.807) is 0 Å². The number of carbonyl (C=O) groups is 1. The van der Waals surface area contributed by atoms with Gasteiger partial charge in [-0.05, 0) is 17.9 Å². The van der Waals surface area contributed by atoms with Gasteiger partial charge >= 0.3 is 5.97 Å². The predicted molar refractivity (Wildman–Crippen MR) is 44.6 cm³/mol. The average Bonchev–Trinajstić information content (AvgIpc) is 2.03. The molecule has 0 aromatic heterocycles. The van der Waals surface area contributed by atoms with Crippen LogP contribution in [-0.4, -0.2) is 17.1 Å². The van der Waals surface area contributed by atoms with Crippen LogP contribution in [0.4, 0.5) is 0 Å². The summed E-state index contributed by atoms with van der Waals surface area (Å²) in [6.07, 6.45) is 1.31. The van der Waals surface area contributed by atoms with Gasteiger partial charge in [0.1, 0.15) is 6.04 Å². The maximum atomic E-state index is 10.5. The smallest absolute Gasteiger partial charge is 0.312 e. The molecular formula is C7H13N3O2. The summed E-state index contributed by atoms with van der Waals surface area (Å²) in [5, 5.41) is 11.8. The molecule has 0 aliphatic rings. The van der Waals surface area contributed by atoms with E-state index in [0.29, 0.717) is 6.42 Å². The van der Waals surface area contributed by atoms with Gasteiger partial charge in [-0.25, -0.2) is 0 Å². The molecule has 0 radical (unpaired) electrons. The summed E-state index contributed by atoms with van der Waals surface area (Å²) in [7, 11) is 0. The number of aliphatic carboxylic acids is 1. The molecule has 1 N–H and O–H groups in total. The summed E-state index contributed by atoms with van der Waals surface area (Å²) >= 11 is 0. The molecule has 0 heterocycles. The van der Waals surface area contributed by atoms with Crippen LogP contribution < -0.4 is 0 Å². The quantitative estimate of drug-likeness (QED) is 0.390. The van der Waals surface area contributed by atoms with Crippen LogP contribution in [-0.2, 0) is 4.79 Å². The van der Waals surface area contributed by atoms with Crippen molar-refractivity contribution >= 4 is 5.97 Å². The molecule has 5 heteroatoms. The van der Waals surface area contributed by atoms with Crippen LogP contribution in [0.1, 0.15) is 26.7 Å². The van der Waals surface area contributed by atoms with Crippen LogP contribution in [0.2, 0.25) is 0 Å². The molecule has 0 saturated carbocycles. The Morgan fingerprint density at radius 3 is 2.67 bits per heavy atom. The zero-order valence-electron chi connectivity index (χ0n) is 7.27. The Bertz CT molecular complexity index is 197. The van der Waals surface area contributed by atoms with Crippen LogP contribution in [0.3, 0.4) is 0 Å². The summed E-state index contributed by atoms with van der Waals surface area (Å²) < 4.78 is 0. The van der Waals surface area contributed by atoms with Crippen molar-refractivity contribution in [2.75, 3.05) is 0 Å². The molecule has 2 atom stereocenters. The van der Waals surface area contributed by atoms with Crippen LogP contribution in [0.25, 0.3) is 10.4 Å². The second-order valence-electron chi connectivity index (χ2n) is 2.81. The molecule has 0 aromatic rings. The van der Waals surface area contributed by atoms with Crippen molar-refractivity contribution in [1.82, 2.24) is 0 Å². The van der Waals surface area contributed by atoms with Gasteiger partial charge in [0.25, 0.3) is 0 Å². The second-order valence-corrected chi connectivity index (χ2v) is 2.81. The lowest BCUT2D eigenvalue weighted by Crippen LogP contribution is -2.19. The number of rotatable bonds is 5. The molecule has 0 bridgehead atoms. The Hall–Kier alpha value is -1.22. The zero-order valence-corrected chi connectivity index (χ0v) is 7.27. The van der Waals surface area contributed by atoms with Crippen LogP contribution in [0.5, 0.6) is 0 Å². The van der Waals surface area contributed by atoms with Gasteiger partial charge in [0.15, 0.2) is 0 Å². The molecular weight excluding hydrogens is 158 g/mol. The van der Waals surface area contributed by atoms with Crippen molar-refractivity contribution < 1.29 is 9.90 Å². The van der Waals surface area contributed by atoms with Crippen molar-refractivity contribution in [3.63, 3.8) is 0 Å². The van der Waals surface area contributed by atoms with Crippen molar-refractivity contribution in [2.45, 2.75) is 32.7 Å². The highest BCUT2D eigenvalue weighted by atomic mass is 16.4. The lowest BCUT2D eigenvalue weighted by molar-refractivity contribution is -0.138. The minimum absolute atomic E-state index is 0.275. The normalized spacial score (nSPS) is 14.5. The maximum Gasteiger partial charge on any atom is 0.312 e. The Labute approximate surface area is 71.0 Å². The standard InChI is InChI=1S/C7H13N3O2/c1-3-5(2)4-6(7(11)12)9-10-8/h5-6H,3-4H2,1-2H3,(H,11,12)/t5-,6?/m1/s1. The third-order valence-electron chi connectivity index (χ3n) is 1.80. The molecule has 5 nitrogen and oxygen atoms in total. The molecule has 1 unspecified atom stereocenters. The Kier molecular flexibility index (Phi) is 4.88. The highest BCUT2D eigenvalue weighted by Gasteiger charge is 2.17. The topological polar surface area (TPSA) is 86.1 Å². The molecule has 0 aromatic carbocycles. The summed E-state index contributed by atoms with van der Waals surface area (Å²) in [6.45, 7) is 3.91. The summed E-state index contributed by atoms with van der Waals surface area (Å²) in [4.78, 5) is 13.0. The van der Waals surface area contributed by atoms with E-state index in [-0.39, 0.29) is 5.92 Å². The SMILES string of the molecule is CC[C@@H](C)CC(N=[N+]=[N-])C(=O)O. The van der Waals surface area contributed by atoms with Crippen molar-refractivity contribution in [3.8, 4) is 0 Å². The van der Waals surface area contributed by atoms with Crippen LogP contribution in [0.15, 0.2) is 5.11 Å². The van der Waals surface area contributed by atoms with Gasteiger partial charge in [-0.1, -0.05) is 25.4 Å². The Morgan fingerprint density at radius 1 is 1.75 bits per heavy atom. The van der Waals surface area contributed by atoms with E-state index in [1.807, 2.05) is 13.8 Å². The highest BCUT2D eigenvalue weighted by Crippen LogP contribution is 2.12. The fraction of sp³-hybridized carbons (Fsp3) is 0.857. The fourth-order valence-electron chi connectivity index (χ4n) is 0.807.